The van der Waals surface area contributed by atoms with E-state index in [4.69, 9.17) is 4.74 Å². The molecule has 0 aromatic heterocycles. The highest BCUT2D eigenvalue weighted by Gasteiger charge is 2.19. The van der Waals surface area contributed by atoms with Crippen LogP contribution in [-0.4, -0.2) is 38.3 Å². The maximum Gasteiger partial charge on any atom is 0.223 e. The van der Waals surface area contributed by atoms with E-state index in [2.05, 4.69) is 10.6 Å². The standard InChI is InChI=1S/C16H30N2O2/c19-16(14-6-3-1-2-4-7-14)18-10-5-13-20-15-8-11-17-12-9-15/h14-15,17H,1-13H2,(H,18,19). The third kappa shape index (κ3) is 5.80. The Bertz CT molecular complexity index is 270. The van der Waals surface area contributed by atoms with Crippen molar-refractivity contribution in [3.8, 4) is 0 Å². The largest absolute Gasteiger partial charge is 0.378 e. The average molecular weight is 282 g/mol. The Balaban J connectivity index is 1.50. The van der Waals surface area contributed by atoms with Crippen LogP contribution in [0.3, 0.4) is 0 Å². The molecule has 2 fully saturated rings. The molecular formula is C16H30N2O2. The first-order chi connectivity index (χ1) is 9.86. The molecule has 1 heterocycles. The fourth-order valence-corrected chi connectivity index (χ4v) is 3.18. The molecule has 0 spiro atoms. The Hall–Kier alpha value is -0.610. The normalized spacial score (nSPS) is 22.4. The summed E-state index contributed by atoms with van der Waals surface area (Å²) in [5.74, 6) is 0.539. The van der Waals surface area contributed by atoms with E-state index in [0.717, 1.165) is 58.3 Å². The highest BCUT2D eigenvalue weighted by molar-refractivity contribution is 5.78. The summed E-state index contributed by atoms with van der Waals surface area (Å²) in [7, 11) is 0. The number of rotatable bonds is 6. The molecule has 0 aromatic carbocycles. The van der Waals surface area contributed by atoms with E-state index in [9.17, 15) is 4.79 Å². The van der Waals surface area contributed by atoms with Crippen LogP contribution in [0.15, 0.2) is 0 Å². The van der Waals surface area contributed by atoms with E-state index in [1.807, 2.05) is 0 Å². The van der Waals surface area contributed by atoms with E-state index in [1.165, 1.54) is 25.7 Å². The second-order valence-corrected chi connectivity index (χ2v) is 6.15. The van der Waals surface area contributed by atoms with Crippen molar-refractivity contribution in [3.63, 3.8) is 0 Å². The third-order valence-electron chi connectivity index (χ3n) is 4.49. The highest BCUT2D eigenvalue weighted by Crippen LogP contribution is 2.22. The molecule has 2 aliphatic rings. The Morgan fingerprint density at radius 3 is 2.45 bits per heavy atom. The van der Waals surface area contributed by atoms with Crippen molar-refractivity contribution in [2.45, 2.75) is 63.9 Å². The van der Waals surface area contributed by atoms with Crippen molar-refractivity contribution in [3.05, 3.63) is 0 Å². The summed E-state index contributed by atoms with van der Waals surface area (Å²) >= 11 is 0. The molecule has 20 heavy (non-hydrogen) atoms. The van der Waals surface area contributed by atoms with Crippen LogP contribution in [0.2, 0.25) is 0 Å². The van der Waals surface area contributed by atoms with Crippen molar-refractivity contribution >= 4 is 5.91 Å². The van der Waals surface area contributed by atoms with Crippen molar-refractivity contribution < 1.29 is 9.53 Å². The molecule has 1 amide bonds. The molecular weight excluding hydrogens is 252 g/mol. The van der Waals surface area contributed by atoms with Gasteiger partial charge in [0.25, 0.3) is 0 Å². The van der Waals surface area contributed by atoms with Crippen LogP contribution in [0.1, 0.15) is 57.8 Å². The number of hydrogen-bond acceptors (Lipinski definition) is 3. The van der Waals surface area contributed by atoms with Crippen LogP contribution in [0, 0.1) is 5.92 Å². The smallest absolute Gasteiger partial charge is 0.223 e. The van der Waals surface area contributed by atoms with E-state index in [1.54, 1.807) is 0 Å². The minimum Gasteiger partial charge on any atom is -0.378 e. The third-order valence-corrected chi connectivity index (χ3v) is 4.49. The molecule has 4 nitrogen and oxygen atoms in total. The van der Waals surface area contributed by atoms with Crippen molar-refractivity contribution in [1.29, 1.82) is 0 Å². The second-order valence-electron chi connectivity index (χ2n) is 6.15. The predicted octanol–water partition coefficient (Wildman–Crippen LogP) is 2.23. The summed E-state index contributed by atoms with van der Waals surface area (Å²) in [6.07, 6.45) is 10.8. The maximum atomic E-state index is 12.1. The molecule has 0 atom stereocenters. The molecule has 116 valence electrons. The first-order valence-corrected chi connectivity index (χ1v) is 8.46. The lowest BCUT2D eigenvalue weighted by Gasteiger charge is -2.23. The molecule has 1 aliphatic carbocycles. The van der Waals surface area contributed by atoms with E-state index in [-0.39, 0.29) is 11.8 Å². The van der Waals surface area contributed by atoms with E-state index in [0.29, 0.717) is 6.10 Å². The first-order valence-electron chi connectivity index (χ1n) is 8.46. The average Bonchev–Trinajstić information content (AvgIpc) is 2.77. The minimum atomic E-state index is 0.267. The fraction of sp³-hybridized carbons (Fsp3) is 0.938. The quantitative estimate of drug-likeness (QED) is 0.580. The van der Waals surface area contributed by atoms with Crippen molar-refractivity contribution in [2.75, 3.05) is 26.2 Å². The van der Waals surface area contributed by atoms with E-state index < -0.39 is 0 Å². The number of nitrogens with one attached hydrogen (secondary N) is 2. The van der Waals surface area contributed by atoms with Gasteiger partial charge < -0.3 is 15.4 Å². The van der Waals surface area contributed by atoms with Crippen LogP contribution in [0.4, 0.5) is 0 Å². The van der Waals surface area contributed by atoms with Gasteiger partial charge in [0.1, 0.15) is 0 Å². The van der Waals surface area contributed by atoms with Gasteiger partial charge in [-0.05, 0) is 45.2 Å². The molecule has 1 aliphatic heterocycles. The fourth-order valence-electron chi connectivity index (χ4n) is 3.18. The summed E-state index contributed by atoms with van der Waals surface area (Å²) in [5, 5.41) is 6.42. The maximum absolute atomic E-state index is 12.1. The molecule has 0 bridgehead atoms. The summed E-state index contributed by atoms with van der Waals surface area (Å²) in [4.78, 5) is 12.1. The molecule has 2 N–H and O–H groups in total. The molecule has 0 aromatic rings. The minimum absolute atomic E-state index is 0.267. The van der Waals surface area contributed by atoms with Crippen LogP contribution in [-0.2, 0) is 9.53 Å². The number of carbonyl (C=O) groups is 1. The van der Waals surface area contributed by atoms with Crippen LogP contribution in [0.25, 0.3) is 0 Å². The SMILES string of the molecule is O=C(NCCCOC1CCNCC1)C1CCCCCC1. The van der Waals surface area contributed by atoms with Crippen LogP contribution >= 0.6 is 0 Å². The summed E-state index contributed by atoms with van der Waals surface area (Å²) < 4.78 is 5.84. The topological polar surface area (TPSA) is 50.4 Å². The Kier molecular flexibility index (Phi) is 7.37. The number of ether oxygens (including phenoxy) is 1. The Labute approximate surface area is 123 Å². The number of carbonyl (C=O) groups excluding carboxylic acids is 1. The summed E-state index contributed by atoms with van der Waals surface area (Å²) in [6, 6.07) is 0. The van der Waals surface area contributed by atoms with E-state index >= 15 is 0 Å². The first kappa shape index (κ1) is 15.8. The van der Waals surface area contributed by atoms with Crippen LogP contribution < -0.4 is 10.6 Å². The molecule has 0 unspecified atom stereocenters. The zero-order chi connectivity index (χ0) is 14.0. The number of hydrogen-bond donors (Lipinski definition) is 2. The summed E-state index contributed by atoms with van der Waals surface area (Å²) in [6.45, 7) is 3.68. The zero-order valence-corrected chi connectivity index (χ0v) is 12.7. The van der Waals surface area contributed by atoms with Gasteiger partial charge in [0.05, 0.1) is 6.10 Å². The van der Waals surface area contributed by atoms with Gasteiger partial charge in [0, 0.05) is 19.1 Å². The summed E-state index contributed by atoms with van der Waals surface area (Å²) in [5.41, 5.74) is 0. The second kappa shape index (κ2) is 9.35. The highest BCUT2D eigenvalue weighted by atomic mass is 16.5. The van der Waals surface area contributed by atoms with Gasteiger partial charge in [-0.25, -0.2) is 0 Å². The predicted molar refractivity (Wildman–Crippen MR) is 80.7 cm³/mol. The van der Waals surface area contributed by atoms with Gasteiger partial charge in [0.2, 0.25) is 5.91 Å². The lowest BCUT2D eigenvalue weighted by molar-refractivity contribution is -0.125. The van der Waals surface area contributed by atoms with Crippen molar-refractivity contribution in [1.82, 2.24) is 10.6 Å². The van der Waals surface area contributed by atoms with Crippen molar-refractivity contribution in [2.24, 2.45) is 5.92 Å². The number of amides is 1. The lowest BCUT2D eigenvalue weighted by Crippen LogP contribution is -2.34. The van der Waals surface area contributed by atoms with Gasteiger partial charge >= 0.3 is 0 Å². The van der Waals surface area contributed by atoms with Gasteiger partial charge in [-0.1, -0.05) is 25.7 Å². The number of piperidine rings is 1. The Morgan fingerprint density at radius 2 is 1.75 bits per heavy atom. The monoisotopic (exact) mass is 282 g/mol. The molecule has 2 rings (SSSR count). The van der Waals surface area contributed by atoms with Gasteiger partial charge in [0.15, 0.2) is 0 Å². The van der Waals surface area contributed by atoms with Gasteiger partial charge in [-0.15, -0.1) is 0 Å². The molecule has 1 saturated carbocycles. The molecule has 4 heteroatoms. The Morgan fingerprint density at radius 1 is 1.05 bits per heavy atom. The molecule has 0 radical (unpaired) electrons. The van der Waals surface area contributed by atoms with Gasteiger partial charge in [-0.2, -0.15) is 0 Å². The van der Waals surface area contributed by atoms with Gasteiger partial charge in [-0.3, -0.25) is 4.79 Å². The lowest BCUT2D eigenvalue weighted by atomic mass is 9.99. The van der Waals surface area contributed by atoms with Crippen LogP contribution in [0.5, 0.6) is 0 Å². The zero-order valence-electron chi connectivity index (χ0n) is 12.7. The molecule has 1 saturated heterocycles.